The van der Waals surface area contributed by atoms with Crippen LogP contribution in [0.25, 0.3) is 0 Å². The quantitative estimate of drug-likeness (QED) is 0.367. The normalized spacial score (nSPS) is 22.5. The number of aliphatic imine (C=N–C) groups is 1. The topological polar surface area (TPSA) is 65.0 Å². The zero-order valence-electron chi connectivity index (χ0n) is 20.4. The Morgan fingerprint density at radius 2 is 1.91 bits per heavy atom. The summed E-state index contributed by atoms with van der Waals surface area (Å²) in [7, 11) is 0. The molecule has 5 heteroatoms. The third-order valence-corrected chi connectivity index (χ3v) is 6.17. The van der Waals surface area contributed by atoms with Gasteiger partial charge in [-0.25, -0.2) is 0 Å². The Labute approximate surface area is 192 Å². The van der Waals surface area contributed by atoms with Gasteiger partial charge in [-0.3, -0.25) is 14.6 Å². The molecule has 3 rings (SSSR count). The number of carbonyl (C=O) groups excluding carboxylic acids is 2. The van der Waals surface area contributed by atoms with Gasteiger partial charge in [-0.15, -0.1) is 0 Å². The van der Waals surface area contributed by atoms with Gasteiger partial charge in [-0.1, -0.05) is 51.8 Å². The van der Waals surface area contributed by atoms with Crippen molar-refractivity contribution in [3.05, 3.63) is 41.1 Å². The van der Waals surface area contributed by atoms with Gasteiger partial charge in [0.15, 0.2) is 5.78 Å². The molecule has 1 aliphatic heterocycles. The molecule has 1 heterocycles. The number of rotatable bonds is 8. The summed E-state index contributed by atoms with van der Waals surface area (Å²) in [6, 6.07) is 7.74. The van der Waals surface area contributed by atoms with Gasteiger partial charge in [0, 0.05) is 34.9 Å². The third kappa shape index (κ3) is 5.31. The van der Waals surface area contributed by atoms with Crippen molar-refractivity contribution in [2.24, 2.45) is 16.3 Å². The predicted molar refractivity (Wildman–Crippen MR) is 127 cm³/mol. The molecule has 0 aromatic heterocycles. The molecule has 0 amide bonds. The van der Waals surface area contributed by atoms with E-state index in [0.29, 0.717) is 36.5 Å². The Morgan fingerprint density at radius 3 is 2.59 bits per heavy atom. The van der Waals surface area contributed by atoms with Crippen LogP contribution in [0.4, 0.5) is 0 Å². The van der Waals surface area contributed by atoms with Crippen molar-refractivity contribution in [1.82, 2.24) is 0 Å². The van der Waals surface area contributed by atoms with Crippen molar-refractivity contribution in [2.75, 3.05) is 6.61 Å². The Balaban J connectivity index is 2.08. The minimum atomic E-state index is -0.627. The molecule has 1 aromatic carbocycles. The van der Waals surface area contributed by atoms with E-state index in [9.17, 15) is 9.59 Å². The van der Waals surface area contributed by atoms with E-state index in [2.05, 4.69) is 20.8 Å². The maximum Gasteiger partial charge on any atom is 0.315 e. The number of allylic oxidation sites excluding steroid dienone is 2. The van der Waals surface area contributed by atoms with Crippen LogP contribution in [-0.2, 0) is 14.3 Å². The zero-order chi connectivity index (χ0) is 23.5. The fourth-order valence-electron chi connectivity index (χ4n) is 4.80. The summed E-state index contributed by atoms with van der Waals surface area (Å²) < 4.78 is 11.8. The number of ether oxygens (including phenoxy) is 2. The average molecular weight is 440 g/mol. The van der Waals surface area contributed by atoms with Gasteiger partial charge < -0.3 is 9.47 Å². The van der Waals surface area contributed by atoms with Crippen molar-refractivity contribution in [3.63, 3.8) is 0 Å². The monoisotopic (exact) mass is 439 g/mol. The molecule has 2 aliphatic rings. The van der Waals surface area contributed by atoms with E-state index in [0.717, 1.165) is 30.5 Å². The van der Waals surface area contributed by atoms with Crippen LogP contribution < -0.4 is 4.74 Å². The lowest BCUT2D eigenvalue weighted by molar-refractivity contribution is -0.146. The van der Waals surface area contributed by atoms with Crippen LogP contribution in [0.1, 0.15) is 85.1 Å². The summed E-state index contributed by atoms with van der Waals surface area (Å²) in [5.74, 6) is -0.607. The summed E-state index contributed by atoms with van der Waals surface area (Å²) in [5.41, 5.74) is 2.88. The molecule has 1 unspecified atom stereocenters. The smallest absolute Gasteiger partial charge is 0.315 e. The molecule has 2 atom stereocenters. The molecule has 0 N–H and O–H groups in total. The molecule has 174 valence electrons. The molecular formula is C27H37NO4. The molecule has 0 radical (unpaired) electrons. The summed E-state index contributed by atoms with van der Waals surface area (Å²) in [4.78, 5) is 31.5. The number of unbranched alkanes of at least 4 members (excludes halogenated alkanes) is 2. The Bertz CT molecular complexity index is 925. The second-order valence-electron chi connectivity index (χ2n) is 10.1. The average Bonchev–Trinajstić information content (AvgIpc) is 2.69. The van der Waals surface area contributed by atoms with Crippen LogP contribution >= 0.6 is 0 Å². The van der Waals surface area contributed by atoms with Gasteiger partial charge in [0.1, 0.15) is 11.7 Å². The summed E-state index contributed by atoms with van der Waals surface area (Å²) in [6.07, 6.45) is 4.05. The fourth-order valence-corrected chi connectivity index (χ4v) is 4.80. The van der Waals surface area contributed by atoms with Crippen molar-refractivity contribution in [3.8, 4) is 5.75 Å². The minimum absolute atomic E-state index is 0.0246. The number of hydrogen-bond acceptors (Lipinski definition) is 5. The first kappa shape index (κ1) is 24.2. The number of esters is 1. The first-order chi connectivity index (χ1) is 15.1. The summed E-state index contributed by atoms with van der Waals surface area (Å²) in [5, 5.41) is 0. The molecule has 32 heavy (non-hydrogen) atoms. The van der Waals surface area contributed by atoms with Crippen LogP contribution in [0.5, 0.6) is 5.75 Å². The van der Waals surface area contributed by atoms with Gasteiger partial charge in [-0.2, -0.15) is 0 Å². The van der Waals surface area contributed by atoms with Gasteiger partial charge in [0.2, 0.25) is 0 Å². The van der Waals surface area contributed by atoms with E-state index < -0.39 is 11.8 Å². The molecule has 0 saturated heterocycles. The number of para-hydroxylation sites is 1. The zero-order valence-corrected chi connectivity index (χ0v) is 20.4. The van der Waals surface area contributed by atoms with E-state index >= 15 is 0 Å². The van der Waals surface area contributed by atoms with Gasteiger partial charge >= 0.3 is 5.97 Å². The summed E-state index contributed by atoms with van der Waals surface area (Å²) in [6.45, 7) is 12.5. The van der Waals surface area contributed by atoms with Crippen LogP contribution in [-0.4, -0.2) is 30.2 Å². The van der Waals surface area contributed by atoms with Crippen molar-refractivity contribution in [1.29, 1.82) is 0 Å². The molecule has 0 bridgehead atoms. The van der Waals surface area contributed by atoms with E-state index in [1.54, 1.807) is 0 Å². The number of nitrogens with zero attached hydrogens (tertiary/aromatic N) is 1. The highest BCUT2D eigenvalue weighted by Crippen LogP contribution is 2.49. The lowest BCUT2D eigenvalue weighted by Gasteiger charge is -2.39. The minimum Gasteiger partial charge on any atom is -0.491 e. The van der Waals surface area contributed by atoms with Crippen LogP contribution in [0, 0.1) is 11.3 Å². The van der Waals surface area contributed by atoms with Crippen LogP contribution in [0.2, 0.25) is 0 Å². The number of hydrogen-bond donors (Lipinski definition) is 0. The molecule has 5 nitrogen and oxygen atoms in total. The first-order valence-electron chi connectivity index (χ1n) is 11.9. The second-order valence-corrected chi connectivity index (χ2v) is 10.1. The first-order valence-corrected chi connectivity index (χ1v) is 11.9. The Kier molecular flexibility index (Phi) is 7.58. The maximum absolute atomic E-state index is 13.4. The van der Waals surface area contributed by atoms with Crippen LogP contribution in [0.3, 0.4) is 0 Å². The fraction of sp³-hybridized carbons (Fsp3) is 0.593. The Morgan fingerprint density at radius 1 is 1.19 bits per heavy atom. The molecular weight excluding hydrogens is 402 g/mol. The van der Waals surface area contributed by atoms with Gasteiger partial charge in [0.25, 0.3) is 0 Å². The molecule has 1 aliphatic carbocycles. The lowest BCUT2D eigenvalue weighted by atomic mass is 9.66. The highest BCUT2D eigenvalue weighted by molar-refractivity contribution is 6.09. The van der Waals surface area contributed by atoms with Crippen molar-refractivity contribution >= 4 is 17.5 Å². The summed E-state index contributed by atoms with van der Waals surface area (Å²) >= 11 is 0. The van der Waals surface area contributed by atoms with Gasteiger partial charge in [-0.05, 0) is 45.1 Å². The van der Waals surface area contributed by atoms with E-state index in [1.165, 1.54) is 0 Å². The highest BCUT2D eigenvalue weighted by atomic mass is 16.5. The van der Waals surface area contributed by atoms with Crippen LogP contribution in [0.15, 0.2) is 40.5 Å². The molecule has 0 saturated carbocycles. The van der Waals surface area contributed by atoms with E-state index in [4.69, 9.17) is 14.5 Å². The SMILES string of the molecule is CCCCCOC(=O)C1C(C)=NC2=C(C(=O)CC(C)(C)C2)[C@@H]1c1ccccc1OC(C)C. The largest absolute Gasteiger partial charge is 0.491 e. The molecule has 1 aromatic rings. The number of ketones is 1. The maximum atomic E-state index is 13.4. The second kappa shape index (κ2) is 10.0. The van der Waals surface area contributed by atoms with Crippen molar-refractivity contribution < 1.29 is 19.1 Å². The number of benzene rings is 1. The number of Topliss-reactive ketones (excluding diaryl/α,β-unsaturated/α-hetero) is 1. The Hall–Kier alpha value is -2.43. The number of carbonyl (C=O) groups is 2. The molecule has 0 spiro atoms. The molecule has 0 fully saturated rings. The van der Waals surface area contributed by atoms with E-state index in [-0.39, 0.29) is 23.3 Å². The van der Waals surface area contributed by atoms with E-state index in [1.807, 2.05) is 45.0 Å². The third-order valence-electron chi connectivity index (χ3n) is 6.17. The standard InChI is InChI=1S/C27H37NO4/c1-7-8-11-14-31-26(30)23-18(4)28-20-15-27(5,6)16-21(29)25(20)24(23)19-12-9-10-13-22(19)32-17(2)3/h9-10,12-13,17,23-24H,7-8,11,14-16H2,1-6H3/t23?,24-/m1/s1. The van der Waals surface area contributed by atoms with Gasteiger partial charge in [0.05, 0.1) is 12.7 Å². The lowest BCUT2D eigenvalue weighted by Crippen LogP contribution is -2.39. The van der Waals surface area contributed by atoms with Crippen molar-refractivity contribution in [2.45, 2.75) is 85.7 Å². The highest BCUT2D eigenvalue weighted by Gasteiger charge is 2.46. The predicted octanol–water partition coefficient (Wildman–Crippen LogP) is 6.02.